The predicted octanol–water partition coefficient (Wildman–Crippen LogP) is 4.01. The highest BCUT2D eigenvalue weighted by atomic mass is 35.5. The minimum atomic E-state index is -3.96. The molecule has 0 aliphatic carbocycles. The fourth-order valence-electron chi connectivity index (χ4n) is 3.76. The predicted molar refractivity (Wildman–Crippen MR) is 137 cm³/mol. The van der Waals surface area contributed by atoms with Crippen molar-refractivity contribution < 1.29 is 17.9 Å². The Balaban J connectivity index is 0.00000272. The maximum atomic E-state index is 12.5. The minimum Gasteiger partial charge on any atom is -0.495 e. The van der Waals surface area contributed by atoms with Gasteiger partial charge in [0.05, 0.1) is 17.8 Å². The van der Waals surface area contributed by atoms with Crippen LogP contribution in [0.2, 0.25) is 5.02 Å². The van der Waals surface area contributed by atoms with Gasteiger partial charge in [0, 0.05) is 38.2 Å². The van der Waals surface area contributed by atoms with Crippen molar-refractivity contribution >= 4 is 57.9 Å². The quantitative estimate of drug-likeness (QED) is 0.383. The van der Waals surface area contributed by atoms with Gasteiger partial charge >= 0.3 is 0 Å². The fraction of sp³-hybridized carbons (Fsp3) is 0.409. The summed E-state index contributed by atoms with van der Waals surface area (Å²) < 4.78 is 28.5. The van der Waals surface area contributed by atoms with Crippen LogP contribution < -0.4 is 14.8 Å². The maximum absolute atomic E-state index is 12.5. The van der Waals surface area contributed by atoms with Gasteiger partial charge in [0.25, 0.3) is 0 Å². The van der Waals surface area contributed by atoms with Crippen LogP contribution in [0.25, 0.3) is 0 Å². The van der Waals surface area contributed by atoms with E-state index in [9.17, 15) is 13.2 Å². The highest BCUT2D eigenvalue weighted by Gasteiger charge is 2.20. The summed E-state index contributed by atoms with van der Waals surface area (Å²) in [5, 5.41) is 6.00. The molecule has 1 aliphatic heterocycles. The molecular formula is C22H30Cl3N3O4S. The molecule has 33 heavy (non-hydrogen) atoms. The van der Waals surface area contributed by atoms with Crippen molar-refractivity contribution in [2.24, 2.45) is 5.14 Å². The average molecular weight is 539 g/mol. The summed E-state index contributed by atoms with van der Waals surface area (Å²) in [5.74, 6) is 0.0334. The molecule has 0 bridgehead atoms. The first kappa shape index (κ1) is 29.5. The van der Waals surface area contributed by atoms with Crippen LogP contribution in [0.1, 0.15) is 29.6 Å². The fourth-order valence-corrected chi connectivity index (χ4v) is 4.74. The molecule has 1 fully saturated rings. The molecule has 0 spiro atoms. The standard InChI is InChI=1S/C22H28ClN3O4S.2ClH/c1-30-21-10-9-17(16-22(21)31(24,28)29)20(27)8-4-5-11-25-12-14-26(15-13-25)19-7-3-2-6-18(19)23;;/h2-3,6-7,9-10,16H,4-5,8,11-15H2,1H3,(H2,24,28,29);2*1H. The topological polar surface area (TPSA) is 92.9 Å². The Kier molecular flexibility index (Phi) is 11.9. The van der Waals surface area contributed by atoms with Crippen LogP contribution in [0, 0.1) is 0 Å². The lowest BCUT2D eigenvalue weighted by Gasteiger charge is -2.36. The van der Waals surface area contributed by atoms with E-state index in [0.29, 0.717) is 12.0 Å². The van der Waals surface area contributed by atoms with Gasteiger partial charge in [-0.2, -0.15) is 0 Å². The van der Waals surface area contributed by atoms with E-state index in [1.54, 1.807) is 6.07 Å². The van der Waals surface area contributed by atoms with Gasteiger partial charge < -0.3 is 9.64 Å². The van der Waals surface area contributed by atoms with Crippen molar-refractivity contribution in [1.82, 2.24) is 4.90 Å². The van der Waals surface area contributed by atoms with Gasteiger partial charge in [-0.15, -0.1) is 24.8 Å². The summed E-state index contributed by atoms with van der Waals surface area (Å²) in [6, 6.07) is 12.2. The largest absolute Gasteiger partial charge is 0.495 e. The molecular weight excluding hydrogens is 509 g/mol. The molecule has 0 amide bonds. The zero-order chi connectivity index (χ0) is 22.4. The summed E-state index contributed by atoms with van der Waals surface area (Å²) in [7, 11) is -2.60. The molecule has 11 heteroatoms. The van der Waals surface area contributed by atoms with E-state index in [1.165, 1.54) is 19.2 Å². The van der Waals surface area contributed by atoms with Crippen molar-refractivity contribution in [2.45, 2.75) is 24.2 Å². The van der Waals surface area contributed by atoms with Crippen molar-refractivity contribution in [3.05, 3.63) is 53.1 Å². The van der Waals surface area contributed by atoms with E-state index in [4.69, 9.17) is 21.5 Å². The van der Waals surface area contributed by atoms with Crippen LogP contribution in [0.15, 0.2) is 47.4 Å². The molecule has 0 aromatic heterocycles. The number of ketones is 1. The zero-order valence-corrected chi connectivity index (χ0v) is 21.6. The number of unbranched alkanes of at least 4 members (excludes halogenated alkanes) is 1. The van der Waals surface area contributed by atoms with Crippen LogP contribution in [-0.4, -0.2) is 58.9 Å². The summed E-state index contributed by atoms with van der Waals surface area (Å²) in [6.45, 7) is 4.68. The van der Waals surface area contributed by atoms with E-state index >= 15 is 0 Å². The number of benzene rings is 2. The number of nitrogens with two attached hydrogens (primary N) is 1. The summed E-state index contributed by atoms with van der Waals surface area (Å²) in [5.41, 5.74) is 1.41. The molecule has 2 aromatic rings. The highest BCUT2D eigenvalue weighted by Crippen LogP contribution is 2.26. The third-order valence-corrected chi connectivity index (χ3v) is 6.74. The van der Waals surface area contributed by atoms with Gasteiger partial charge in [0.1, 0.15) is 10.6 Å². The van der Waals surface area contributed by atoms with Crippen LogP contribution in [0.4, 0.5) is 5.69 Å². The number of carbonyl (C=O) groups excluding carboxylic acids is 1. The van der Waals surface area contributed by atoms with Gasteiger partial charge in [-0.05, 0) is 49.7 Å². The number of methoxy groups -OCH3 is 1. The van der Waals surface area contributed by atoms with E-state index < -0.39 is 10.0 Å². The van der Waals surface area contributed by atoms with Gasteiger partial charge in [-0.1, -0.05) is 23.7 Å². The Morgan fingerprint density at radius 1 is 1.06 bits per heavy atom. The number of Topliss-reactive ketones (excluding diaryl/α,β-unsaturated/α-hetero) is 1. The second kappa shape index (κ2) is 13.4. The number of nitrogens with zero attached hydrogens (tertiary/aromatic N) is 2. The molecule has 1 heterocycles. The zero-order valence-electron chi connectivity index (χ0n) is 18.4. The van der Waals surface area contributed by atoms with E-state index in [1.807, 2.05) is 24.3 Å². The number of ether oxygens (including phenoxy) is 1. The number of carbonyl (C=O) groups is 1. The number of hydrogen-bond donors (Lipinski definition) is 1. The molecule has 2 aromatic carbocycles. The van der Waals surface area contributed by atoms with Crippen LogP contribution in [0.5, 0.6) is 5.75 Å². The van der Waals surface area contributed by atoms with Gasteiger partial charge in [0.2, 0.25) is 10.0 Å². The van der Waals surface area contributed by atoms with Crippen LogP contribution >= 0.6 is 36.4 Å². The SMILES string of the molecule is COc1ccc(C(=O)CCCCN2CCN(c3ccccc3Cl)CC2)cc1S(N)(=O)=O.Cl.Cl. The number of primary sulfonamides is 1. The molecule has 0 radical (unpaired) electrons. The highest BCUT2D eigenvalue weighted by molar-refractivity contribution is 7.89. The molecule has 7 nitrogen and oxygen atoms in total. The Morgan fingerprint density at radius 3 is 2.33 bits per heavy atom. The Bertz CT molecular complexity index is 1030. The minimum absolute atomic E-state index is 0. The maximum Gasteiger partial charge on any atom is 0.241 e. The first-order valence-electron chi connectivity index (χ1n) is 10.3. The van der Waals surface area contributed by atoms with Crippen molar-refractivity contribution in [3.63, 3.8) is 0 Å². The first-order chi connectivity index (χ1) is 14.8. The van der Waals surface area contributed by atoms with Crippen LogP contribution in [-0.2, 0) is 10.0 Å². The average Bonchev–Trinajstić information content (AvgIpc) is 2.76. The van der Waals surface area contributed by atoms with E-state index in [2.05, 4.69) is 9.80 Å². The van der Waals surface area contributed by atoms with Gasteiger partial charge in [-0.25, -0.2) is 13.6 Å². The number of para-hydroxylation sites is 1. The lowest BCUT2D eigenvalue weighted by Crippen LogP contribution is -2.46. The first-order valence-corrected chi connectivity index (χ1v) is 12.2. The third-order valence-electron chi connectivity index (χ3n) is 5.49. The Labute approximate surface area is 213 Å². The Hall–Kier alpha value is -1.55. The molecule has 2 N–H and O–H groups in total. The van der Waals surface area contributed by atoms with E-state index in [0.717, 1.165) is 56.3 Å². The Morgan fingerprint density at radius 2 is 1.73 bits per heavy atom. The number of hydrogen-bond acceptors (Lipinski definition) is 6. The second-order valence-electron chi connectivity index (χ2n) is 7.57. The van der Waals surface area contributed by atoms with Crippen molar-refractivity contribution in [2.75, 3.05) is 44.7 Å². The molecule has 0 atom stereocenters. The number of piperazine rings is 1. The van der Waals surface area contributed by atoms with Gasteiger partial charge in [-0.3, -0.25) is 9.69 Å². The lowest BCUT2D eigenvalue weighted by atomic mass is 10.1. The number of halogens is 3. The molecule has 1 saturated heterocycles. The summed E-state index contributed by atoms with van der Waals surface area (Å²) >= 11 is 6.29. The van der Waals surface area contributed by atoms with Crippen molar-refractivity contribution in [1.29, 1.82) is 0 Å². The van der Waals surface area contributed by atoms with Crippen LogP contribution in [0.3, 0.4) is 0 Å². The summed E-state index contributed by atoms with van der Waals surface area (Å²) in [6.07, 6.45) is 1.99. The summed E-state index contributed by atoms with van der Waals surface area (Å²) in [4.78, 5) is 17.0. The van der Waals surface area contributed by atoms with Gasteiger partial charge in [0.15, 0.2) is 5.78 Å². The second-order valence-corrected chi connectivity index (χ2v) is 9.51. The lowest BCUT2D eigenvalue weighted by molar-refractivity contribution is 0.0977. The molecule has 1 aliphatic rings. The smallest absolute Gasteiger partial charge is 0.241 e. The normalized spacial score (nSPS) is 14.2. The van der Waals surface area contributed by atoms with E-state index in [-0.39, 0.29) is 41.2 Å². The number of anilines is 1. The number of sulfonamides is 1. The monoisotopic (exact) mass is 537 g/mol. The molecule has 0 saturated carbocycles. The molecule has 3 rings (SSSR count). The molecule has 184 valence electrons. The van der Waals surface area contributed by atoms with Crippen molar-refractivity contribution in [3.8, 4) is 5.75 Å². The third kappa shape index (κ3) is 8.02. The number of rotatable bonds is 9. The molecule has 0 unspecified atom stereocenters.